The highest BCUT2D eigenvalue weighted by molar-refractivity contribution is 6.22. The fourth-order valence-corrected chi connectivity index (χ4v) is 2.69. The minimum atomic E-state index is -0.473. The van der Waals surface area contributed by atoms with Crippen molar-refractivity contribution in [3.8, 4) is 0 Å². The van der Waals surface area contributed by atoms with Crippen LogP contribution in [0.3, 0.4) is 0 Å². The summed E-state index contributed by atoms with van der Waals surface area (Å²) in [5.74, 6) is -0.201. The number of carbonyl (C=O) groups excluding carboxylic acids is 3. The quantitative estimate of drug-likeness (QED) is 0.842. The Morgan fingerprint density at radius 2 is 1.80 bits per heavy atom. The molecule has 1 aromatic carbocycles. The smallest absolute Gasteiger partial charge is 0.308 e. The van der Waals surface area contributed by atoms with E-state index in [1.54, 1.807) is 38.2 Å². The van der Waals surface area contributed by atoms with E-state index in [-0.39, 0.29) is 17.9 Å². The van der Waals surface area contributed by atoms with Crippen LogP contribution in [-0.2, 0) is 0 Å². The number of nitrogens with one attached hydrogen (secondary N) is 2. The summed E-state index contributed by atoms with van der Waals surface area (Å²) in [4.78, 5) is 42.1. The van der Waals surface area contributed by atoms with Crippen LogP contribution < -0.4 is 10.6 Å². The Labute approximate surface area is 145 Å². The van der Waals surface area contributed by atoms with Gasteiger partial charge < -0.3 is 5.32 Å². The molecule has 128 valence electrons. The zero-order valence-corrected chi connectivity index (χ0v) is 14.2. The molecule has 0 saturated heterocycles. The van der Waals surface area contributed by atoms with Gasteiger partial charge in [0.2, 0.25) is 0 Å². The van der Waals surface area contributed by atoms with Crippen LogP contribution in [0.25, 0.3) is 0 Å². The number of benzene rings is 1. The number of fused-ring (bicyclic) bond motifs is 1. The van der Waals surface area contributed by atoms with Crippen LogP contribution in [-0.4, -0.2) is 33.8 Å². The number of urea groups is 1. The van der Waals surface area contributed by atoms with Crippen LogP contribution in [0.15, 0.2) is 36.5 Å². The lowest BCUT2D eigenvalue weighted by Crippen LogP contribution is -2.35. The van der Waals surface area contributed by atoms with E-state index in [1.807, 2.05) is 13.0 Å². The fourth-order valence-electron chi connectivity index (χ4n) is 2.69. The van der Waals surface area contributed by atoms with Crippen LogP contribution in [0, 0.1) is 6.92 Å². The maximum Gasteiger partial charge on any atom is 0.324 e. The number of pyridine rings is 1. The third-order valence-corrected chi connectivity index (χ3v) is 3.93. The van der Waals surface area contributed by atoms with E-state index in [4.69, 9.17) is 0 Å². The van der Waals surface area contributed by atoms with Gasteiger partial charge in [-0.15, -0.1) is 0 Å². The third-order valence-electron chi connectivity index (χ3n) is 3.93. The van der Waals surface area contributed by atoms with Crippen molar-refractivity contribution in [2.75, 3.05) is 10.6 Å². The number of hydrogen-bond acceptors (Lipinski definition) is 4. The fraction of sp³-hybridized carbons (Fsp3) is 0.222. The molecule has 0 radical (unpaired) electrons. The van der Waals surface area contributed by atoms with Gasteiger partial charge in [-0.3, -0.25) is 19.8 Å². The van der Waals surface area contributed by atoms with E-state index in [9.17, 15) is 14.4 Å². The highest BCUT2D eigenvalue weighted by Gasteiger charge is 2.37. The molecule has 2 aromatic rings. The first kappa shape index (κ1) is 16.6. The van der Waals surface area contributed by atoms with Crippen molar-refractivity contribution < 1.29 is 14.4 Å². The van der Waals surface area contributed by atoms with Crippen LogP contribution in [0.2, 0.25) is 0 Å². The molecule has 25 heavy (non-hydrogen) atoms. The Balaban J connectivity index is 1.78. The van der Waals surface area contributed by atoms with Gasteiger partial charge in [-0.25, -0.2) is 9.78 Å². The summed E-state index contributed by atoms with van der Waals surface area (Å²) in [6.07, 6.45) is 1.59. The number of anilines is 2. The van der Waals surface area contributed by atoms with Gasteiger partial charge in [0, 0.05) is 17.9 Å². The molecule has 7 nitrogen and oxygen atoms in total. The second-order valence-corrected chi connectivity index (χ2v) is 6.08. The number of nitrogens with zero attached hydrogens (tertiary/aromatic N) is 2. The van der Waals surface area contributed by atoms with Crippen molar-refractivity contribution in [1.29, 1.82) is 0 Å². The van der Waals surface area contributed by atoms with Crippen LogP contribution in [0.1, 0.15) is 40.1 Å². The molecule has 3 rings (SSSR count). The van der Waals surface area contributed by atoms with Gasteiger partial charge in [-0.1, -0.05) is 6.07 Å². The first-order chi connectivity index (χ1) is 11.9. The van der Waals surface area contributed by atoms with E-state index >= 15 is 0 Å². The molecule has 0 unspecified atom stereocenters. The summed E-state index contributed by atoms with van der Waals surface area (Å²) < 4.78 is 0. The average Bonchev–Trinajstić information content (AvgIpc) is 2.80. The predicted molar refractivity (Wildman–Crippen MR) is 93.7 cm³/mol. The Hall–Kier alpha value is -3.22. The molecule has 2 heterocycles. The van der Waals surface area contributed by atoms with Crippen LogP contribution in [0.4, 0.5) is 16.3 Å². The Morgan fingerprint density at radius 1 is 1.08 bits per heavy atom. The number of aromatic nitrogens is 1. The second-order valence-electron chi connectivity index (χ2n) is 6.08. The summed E-state index contributed by atoms with van der Waals surface area (Å²) in [5, 5.41) is 5.30. The minimum Gasteiger partial charge on any atom is -0.308 e. The first-order valence-electron chi connectivity index (χ1n) is 7.90. The molecular weight excluding hydrogens is 320 g/mol. The summed E-state index contributed by atoms with van der Waals surface area (Å²) in [7, 11) is 0. The van der Waals surface area contributed by atoms with E-state index in [0.717, 1.165) is 5.56 Å². The topological polar surface area (TPSA) is 91.4 Å². The zero-order chi connectivity index (χ0) is 18.1. The van der Waals surface area contributed by atoms with Crippen molar-refractivity contribution in [3.05, 3.63) is 53.2 Å². The van der Waals surface area contributed by atoms with Gasteiger partial charge in [0.1, 0.15) is 5.82 Å². The molecule has 1 aromatic heterocycles. The SMILES string of the molecule is Cc1cccnc1NC(=O)Nc1ccc2c(c1)C(=O)N(C(C)C)C2=O. The van der Waals surface area contributed by atoms with Crippen molar-refractivity contribution in [2.24, 2.45) is 0 Å². The van der Waals surface area contributed by atoms with Crippen LogP contribution in [0.5, 0.6) is 0 Å². The number of rotatable bonds is 3. The largest absolute Gasteiger partial charge is 0.324 e. The van der Waals surface area contributed by atoms with Gasteiger partial charge in [0.15, 0.2) is 0 Å². The minimum absolute atomic E-state index is 0.223. The molecule has 0 saturated carbocycles. The average molecular weight is 338 g/mol. The highest BCUT2D eigenvalue weighted by Crippen LogP contribution is 2.27. The molecule has 2 N–H and O–H groups in total. The lowest BCUT2D eigenvalue weighted by molar-refractivity contribution is 0.0609. The maximum atomic E-state index is 12.4. The summed E-state index contributed by atoms with van der Waals surface area (Å²) in [6.45, 7) is 5.40. The molecule has 1 aliphatic rings. The lowest BCUT2D eigenvalue weighted by Gasteiger charge is -2.17. The number of imide groups is 1. The lowest BCUT2D eigenvalue weighted by atomic mass is 10.1. The molecule has 4 amide bonds. The first-order valence-corrected chi connectivity index (χ1v) is 7.90. The Kier molecular flexibility index (Phi) is 4.22. The Bertz CT molecular complexity index is 876. The second kappa shape index (κ2) is 6.35. The monoisotopic (exact) mass is 338 g/mol. The van der Waals surface area contributed by atoms with E-state index < -0.39 is 6.03 Å². The molecule has 1 aliphatic heterocycles. The van der Waals surface area contributed by atoms with Gasteiger partial charge in [-0.2, -0.15) is 0 Å². The van der Waals surface area contributed by atoms with E-state index in [0.29, 0.717) is 22.6 Å². The van der Waals surface area contributed by atoms with E-state index in [2.05, 4.69) is 15.6 Å². The number of carbonyl (C=O) groups is 3. The van der Waals surface area contributed by atoms with Gasteiger partial charge in [0.25, 0.3) is 11.8 Å². The highest BCUT2D eigenvalue weighted by atomic mass is 16.2. The molecule has 0 aliphatic carbocycles. The maximum absolute atomic E-state index is 12.4. The molecule has 0 bridgehead atoms. The molecule has 0 fully saturated rings. The summed E-state index contributed by atoms with van der Waals surface area (Å²) >= 11 is 0. The number of amides is 4. The number of hydrogen-bond donors (Lipinski definition) is 2. The molecule has 0 spiro atoms. The van der Waals surface area contributed by atoms with Crippen molar-refractivity contribution in [1.82, 2.24) is 9.88 Å². The summed E-state index contributed by atoms with van der Waals surface area (Å²) in [5.41, 5.74) is 1.91. The van der Waals surface area contributed by atoms with Gasteiger partial charge in [-0.05, 0) is 50.6 Å². The van der Waals surface area contributed by atoms with Crippen molar-refractivity contribution in [2.45, 2.75) is 26.8 Å². The van der Waals surface area contributed by atoms with Gasteiger partial charge >= 0.3 is 6.03 Å². The third kappa shape index (κ3) is 3.08. The zero-order valence-electron chi connectivity index (χ0n) is 14.2. The van der Waals surface area contributed by atoms with Gasteiger partial charge in [0.05, 0.1) is 11.1 Å². The molecule has 7 heteroatoms. The molecular formula is C18H18N4O3. The number of aryl methyl sites for hydroxylation is 1. The predicted octanol–water partition coefficient (Wildman–Crippen LogP) is 3.04. The normalized spacial score (nSPS) is 13.2. The Morgan fingerprint density at radius 3 is 2.48 bits per heavy atom. The van der Waals surface area contributed by atoms with E-state index in [1.165, 1.54) is 11.0 Å². The standard InChI is InChI=1S/C18H18N4O3/c1-10(2)22-16(23)13-7-6-12(9-14(13)17(22)24)20-18(25)21-15-11(3)5-4-8-19-15/h4-10H,1-3H3,(H2,19,20,21,25). The van der Waals surface area contributed by atoms with Crippen molar-refractivity contribution >= 4 is 29.4 Å². The molecule has 0 atom stereocenters. The summed E-state index contributed by atoms with van der Waals surface area (Å²) in [6, 6.07) is 7.59. The van der Waals surface area contributed by atoms with Crippen molar-refractivity contribution in [3.63, 3.8) is 0 Å². The van der Waals surface area contributed by atoms with Crippen LogP contribution >= 0.6 is 0 Å².